The van der Waals surface area contributed by atoms with Gasteiger partial charge in [-0.25, -0.2) is 5.32 Å². The monoisotopic (exact) mass is 309 g/mol. The number of rotatable bonds is 2. The smallest absolute Gasteiger partial charge is 0.267 e. The van der Waals surface area contributed by atoms with Crippen molar-refractivity contribution in [3.05, 3.63) is 45.4 Å². The zero-order valence-electron chi connectivity index (χ0n) is 9.18. The summed E-state index contributed by atoms with van der Waals surface area (Å²) < 4.78 is 0.751. The summed E-state index contributed by atoms with van der Waals surface area (Å²) in [4.78, 5) is 17.0. The highest BCUT2D eigenvalue weighted by molar-refractivity contribution is 9.10. The Labute approximate surface area is 113 Å². The summed E-state index contributed by atoms with van der Waals surface area (Å²) in [6, 6.07) is 7.23. The standard InChI is InChI=1S/C12H10BrN2OS/c1-2-8-7-14-12(17-8)15-11(16)9-5-3-4-6-10(9)13/h3-7H,2H2,1H3. The van der Waals surface area contributed by atoms with Crippen LogP contribution in [0.5, 0.6) is 0 Å². The van der Waals surface area contributed by atoms with Gasteiger partial charge in [-0.3, -0.25) is 4.79 Å². The van der Waals surface area contributed by atoms with Gasteiger partial charge in [0, 0.05) is 15.6 Å². The van der Waals surface area contributed by atoms with Crippen LogP contribution in [-0.4, -0.2) is 11.1 Å². The van der Waals surface area contributed by atoms with E-state index >= 15 is 0 Å². The van der Waals surface area contributed by atoms with Gasteiger partial charge in [-0.2, -0.15) is 4.99 Å². The summed E-state index contributed by atoms with van der Waals surface area (Å²) in [7, 11) is 0. The van der Waals surface area contributed by atoms with Crippen LogP contribution in [0.15, 0.2) is 44.8 Å². The number of amidine groups is 1. The lowest BCUT2D eigenvalue weighted by molar-refractivity contribution is 0.100. The van der Waals surface area contributed by atoms with Crippen LogP contribution in [0.3, 0.4) is 0 Å². The Morgan fingerprint density at radius 3 is 2.88 bits per heavy atom. The van der Waals surface area contributed by atoms with Gasteiger partial charge in [-0.15, -0.1) is 0 Å². The van der Waals surface area contributed by atoms with E-state index in [9.17, 15) is 4.79 Å². The highest BCUT2D eigenvalue weighted by Crippen LogP contribution is 2.26. The molecule has 0 saturated carbocycles. The zero-order chi connectivity index (χ0) is 12.3. The molecular formula is C12H10BrN2OS. The average molecular weight is 310 g/mol. The maximum Gasteiger partial charge on any atom is 0.280 e. The maximum absolute atomic E-state index is 11.9. The number of hydrogen-bond acceptors (Lipinski definition) is 2. The van der Waals surface area contributed by atoms with Gasteiger partial charge >= 0.3 is 0 Å². The predicted molar refractivity (Wildman–Crippen MR) is 74.0 cm³/mol. The number of amides is 1. The predicted octanol–water partition coefficient (Wildman–Crippen LogP) is 3.55. The molecule has 1 amide bonds. The molecule has 1 heterocycles. The van der Waals surface area contributed by atoms with Crippen molar-refractivity contribution in [3.8, 4) is 0 Å². The first-order valence-corrected chi connectivity index (χ1v) is 6.77. The minimum absolute atomic E-state index is 0.269. The fourth-order valence-corrected chi connectivity index (χ4v) is 2.47. The van der Waals surface area contributed by atoms with E-state index in [0.29, 0.717) is 10.7 Å². The molecule has 2 rings (SSSR count). The Hall–Kier alpha value is -1.07. The molecule has 0 spiro atoms. The van der Waals surface area contributed by atoms with Gasteiger partial charge in [0.1, 0.15) is 0 Å². The molecule has 0 fully saturated rings. The van der Waals surface area contributed by atoms with Gasteiger partial charge < -0.3 is 0 Å². The van der Waals surface area contributed by atoms with E-state index in [1.54, 1.807) is 12.3 Å². The van der Waals surface area contributed by atoms with Gasteiger partial charge in [0.25, 0.3) is 5.91 Å². The lowest BCUT2D eigenvalue weighted by Gasteiger charge is -1.99. The molecule has 0 bridgehead atoms. The number of allylic oxidation sites excluding steroid dienone is 1. The van der Waals surface area contributed by atoms with E-state index in [0.717, 1.165) is 15.8 Å². The van der Waals surface area contributed by atoms with Crippen LogP contribution in [0.2, 0.25) is 0 Å². The third-order valence-corrected chi connectivity index (χ3v) is 3.92. The molecule has 0 unspecified atom stereocenters. The van der Waals surface area contributed by atoms with Gasteiger partial charge in [0.05, 0.1) is 5.56 Å². The second kappa shape index (κ2) is 5.51. The van der Waals surface area contributed by atoms with Crippen LogP contribution in [0, 0.1) is 0 Å². The molecule has 3 nitrogen and oxygen atoms in total. The summed E-state index contributed by atoms with van der Waals surface area (Å²) in [5.74, 6) is -0.269. The first-order chi connectivity index (χ1) is 8.20. The summed E-state index contributed by atoms with van der Waals surface area (Å²) in [5, 5.41) is 4.61. The molecule has 0 saturated heterocycles. The molecule has 1 radical (unpaired) electrons. The first-order valence-electron chi connectivity index (χ1n) is 5.16. The highest BCUT2D eigenvalue weighted by atomic mass is 79.9. The quantitative estimate of drug-likeness (QED) is 0.838. The number of nitrogens with zero attached hydrogens (tertiary/aromatic N) is 2. The number of hydrogen-bond donors (Lipinski definition) is 0. The van der Waals surface area contributed by atoms with Crippen molar-refractivity contribution >= 4 is 38.8 Å². The second-order valence-corrected chi connectivity index (χ2v) is 5.31. The molecular weight excluding hydrogens is 300 g/mol. The van der Waals surface area contributed by atoms with Crippen LogP contribution in [0.4, 0.5) is 0 Å². The van der Waals surface area contributed by atoms with E-state index in [1.807, 2.05) is 25.1 Å². The summed E-state index contributed by atoms with van der Waals surface area (Å²) in [6.07, 6.45) is 2.67. The van der Waals surface area contributed by atoms with E-state index in [-0.39, 0.29) is 5.91 Å². The average Bonchev–Trinajstić information content (AvgIpc) is 2.77. The molecule has 87 valence electrons. The number of thioether (sulfide) groups is 1. The molecule has 1 aliphatic rings. The fraction of sp³-hybridized carbons (Fsp3) is 0.167. The summed E-state index contributed by atoms with van der Waals surface area (Å²) in [5.41, 5.74) is 0.556. The summed E-state index contributed by atoms with van der Waals surface area (Å²) in [6.45, 7) is 2.05. The van der Waals surface area contributed by atoms with Gasteiger partial charge in [0.15, 0.2) is 5.17 Å². The van der Waals surface area contributed by atoms with E-state index in [2.05, 4.69) is 26.2 Å². The zero-order valence-corrected chi connectivity index (χ0v) is 11.6. The SMILES string of the molecule is CCC1=C[N]C(=NC(=O)c2ccccc2Br)S1. The van der Waals surface area contributed by atoms with Crippen LogP contribution in [0.1, 0.15) is 23.7 Å². The molecule has 0 atom stereocenters. The lowest BCUT2D eigenvalue weighted by Crippen LogP contribution is -2.05. The molecule has 0 aromatic heterocycles. The van der Waals surface area contributed by atoms with Crippen molar-refractivity contribution in [2.75, 3.05) is 0 Å². The maximum atomic E-state index is 11.9. The normalized spacial score (nSPS) is 16.8. The molecule has 1 aliphatic heterocycles. The number of carbonyl (C=O) groups is 1. The fourth-order valence-electron chi connectivity index (χ4n) is 1.29. The molecule has 0 aliphatic carbocycles. The van der Waals surface area contributed by atoms with Crippen LogP contribution < -0.4 is 5.32 Å². The lowest BCUT2D eigenvalue weighted by atomic mass is 10.2. The Kier molecular flexibility index (Phi) is 4.02. The van der Waals surface area contributed by atoms with Gasteiger partial charge in [0.2, 0.25) is 0 Å². The van der Waals surface area contributed by atoms with E-state index < -0.39 is 0 Å². The Morgan fingerprint density at radius 1 is 1.47 bits per heavy atom. The second-order valence-electron chi connectivity index (χ2n) is 3.36. The van der Waals surface area contributed by atoms with E-state index in [4.69, 9.17) is 0 Å². The topological polar surface area (TPSA) is 43.5 Å². The molecule has 1 aromatic rings. The molecule has 17 heavy (non-hydrogen) atoms. The first kappa shape index (κ1) is 12.4. The number of aliphatic imine (C=N–C) groups is 1. The van der Waals surface area contributed by atoms with Crippen molar-refractivity contribution in [3.63, 3.8) is 0 Å². The van der Waals surface area contributed by atoms with Crippen molar-refractivity contribution in [2.45, 2.75) is 13.3 Å². The van der Waals surface area contributed by atoms with Crippen LogP contribution in [-0.2, 0) is 0 Å². The summed E-state index contributed by atoms with van der Waals surface area (Å²) >= 11 is 4.78. The molecule has 0 N–H and O–H groups in total. The van der Waals surface area contributed by atoms with Crippen molar-refractivity contribution < 1.29 is 4.79 Å². The molecule has 1 aromatic carbocycles. The van der Waals surface area contributed by atoms with Crippen molar-refractivity contribution in [1.82, 2.24) is 5.32 Å². The minimum atomic E-state index is -0.269. The number of halogens is 1. The molecule has 5 heteroatoms. The number of carbonyl (C=O) groups excluding carboxylic acids is 1. The van der Waals surface area contributed by atoms with Crippen molar-refractivity contribution in [1.29, 1.82) is 0 Å². The largest absolute Gasteiger partial charge is 0.280 e. The van der Waals surface area contributed by atoms with Gasteiger partial charge in [-0.1, -0.05) is 30.8 Å². The Balaban J connectivity index is 2.14. The third-order valence-electron chi connectivity index (χ3n) is 2.19. The van der Waals surface area contributed by atoms with Gasteiger partial charge in [-0.05, 0) is 34.5 Å². The van der Waals surface area contributed by atoms with Crippen LogP contribution in [0.25, 0.3) is 0 Å². The van der Waals surface area contributed by atoms with Crippen molar-refractivity contribution in [2.24, 2.45) is 4.99 Å². The third kappa shape index (κ3) is 2.98. The minimum Gasteiger partial charge on any atom is -0.267 e. The highest BCUT2D eigenvalue weighted by Gasteiger charge is 2.15. The number of benzene rings is 1. The van der Waals surface area contributed by atoms with E-state index in [1.165, 1.54) is 11.8 Å². The Bertz CT molecular complexity index is 511. The Morgan fingerprint density at radius 2 is 2.24 bits per heavy atom. The van der Waals surface area contributed by atoms with Crippen LogP contribution >= 0.6 is 27.7 Å².